The van der Waals surface area contributed by atoms with E-state index in [0.717, 1.165) is 17.8 Å². The van der Waals surface area contributed by atoms with E-state index >= 15 is 0 Å². The highest BCUT2D eigenvalue weighted by Crippen LogP contribution is 2.13. The van der Waals surface area contributed by atoms with Crippen molar-refractivity contribution >= 4 is 22.5 Å². The molecular weight excluding hydrogens is 220 g/mol. The zero-order chi connectivity index (χ0) is 10.8. The first-order valence-electron chi connectivity index (χ1n) is 4.87. The van der Waals surface area contributed by atoms with Crippen LogP contribution in [-0.4, -0.2) is 19.9 Å². The van der Waals surface area contributed by atoms with Crippen molar-refractivity contribution in [1.29, 1.82) is 0 Å². The van der Waals surface area contributed by atoms with E-state index in [4.69, 9.17) is 0 Å². The molecule has 3 aromatic rings. The third-order valence-corrected chi connectivity index (χ3v) is 3.07. The summed E-state index contributed by atoms with van der Waals surface area (Å²) in [7, 11) is 0. The number of aromatic nitrogens is 4. The Hall–Kier alpha value is -1.88. The van der Waals surface area contributed by atoms with Crippen LogP contribution in [0, 0.1) is 0 Å². The molecule has 0 amide bonds. The summed E-state index contributed by atoms with van der Waals surface area (Å²) >= 11 is 1.71. The highest BCUT2D eigenvalue weighted by molar-refractivity contribution is 7.09. The number of nitrogens with zero attached hydrogens (tertiary/aromatic N) is 4. The first-order chi connectivity index (χ1) is 7.92. The van der Waals surface area contributed by atoms with Crippen LogP contribution in [0.2, 0.25) is 0 Å². The molecule has 16 heavy (non-hydrogen) atoms. The molecule has 0 saturated carbocycles. The lowest BCUT2D eigenvalue weighted by Crippen LogP contribution is -1.97. The molecule has 3 rings (SSSR count). The Bertz CT molecular complexity index is 606. The Labute approximate surface area is 96.1 Å². The van der Waals surface area contributed by atoms with Gasteiger partial charge in [-0.15, -0.1) is 11.3 Å². The fraction of sp³-hybridized carbons (Fsp3) is 0.0909. The molecule has 3 heterocycles. The van der Waals surface area contributed by atoms with Gasteiger partial charge in [0.25, 0.3) is 0 Å². The first kappa shape index (κ1) is 9.35. The van der Waals surface area contributed by atoms with Gasteiger partial charge in [0.2, 0.25) is 0 Å². The topological polar surface area (TPSA) is 51.6 Å². The molecule has 0 bridgehead atoms. The summed E-state index contributed by atoms with van der Waals surface area (Å²) in [4.78, 5) is 18.2. The predicted octanol–water partition coefficient (Wildman–Crippen LogP) is 2.07. The van der Waals surface area contributed by atoms with Gasteiger partial charge in [-0.1, -0.05) is 6.07 Å². The molecule has 4 nitrogen and oxygen atoms in total. The molecule has 0 aromatic carbocycles. The summed E-state index contributed by atoms with van der Waals surface area (Å²) < 4.78 is 0. The van der Waals surface area contributed by atoms with Crippen molar-refractivity contribution in [2.75, 3.05) is 0 Å². The summed E-state index contributed by atoms with van der Waals surface area (Å²) in [5, 5.41) is 2.05. The maximum atomic E-state index is 4.37. The van der Waals surface area contributed by atoms with Crippen molar-refractivity contribution in [3.63, 3.8) is 0 Å². The maximum absolute atomic E-state index is 4.37. The lowest BCUT2D eigenvalue weighted by molar-refractivity contribution is 0.989. The number of thiophene rings is 1. The quantitative estimate of drug-likeness (QED) is 0.673. The van der Waals surface area contributed by atoms with Crippen LogP contribution in [0.3, 0.4) is 0 Å². The Morgan fingerprint density at radius 1 is 1.12 bits per heavy atom. The SMILES string of the molecule is c1csc(Cc2ncc3nccnc3n2)c1. The molecule has 78 valence electrons. The molecule has 0 aliphatic carbocycles. The molecule has 0 fully saturated rings. The summed E-state index contributed by atoms with van der Waals surface area (Å²) in [6, 6.07) is 4.11. The van der Waals surface area contributed by atoms with Crippen molar-refractivity contribution in [1.82, 2.24) is 19.9 Å². The molecule has 0 aliphatic rings. The van der Waals surface area contributed by atoms with Gasteiger partial charge in [0.05, 0.1) is 6.20 Å². The smallest absolute Gasteiger partial charge is 0.181 e. The van der Waals surface area contributed by atoms with Crippen LogP contribution in [0.4, 0.5) is 0 Å². The van der Waals surface area contributed by atoms with E-state index in [9.17, 15) is 0 Å². The number of rotatable bonds is 2. The van der Waals surface area contributed by atoms with E-state index in [0.29, 0.717) is 5.65 Å². The van der Waals surface area contributed by atoms with Crippen LogP contribution < -0.4 is 0 Å². The van der Waals surface area contributed by atoms with Gasteiger partial charge in [-0.05, 0) is 11.4 Å². The van der Waals surface area contributed by atoms with Crippen LogP contribution in [0.25, 0.3) is 11.2 Å². The molecule has 0 radical (unpaired) electrons. The Kier molecular flexibility index (Phi) is 2.30. The maximum Gasteiger partial charge on any atom is 0.181 e. The van der Waals surface area contributed by atoms with Crippen LogP contribution in [0.15, 0.2) is 36.1 Å². The zero-order valence-corrected chi connectivity index (χ0v) is 9.18. The van der Waals surface area contributed by atoms with Crippen molar-refractivity contribution in [3.8, 4) is 0 Å². The molecule has 0 N–H and O–H groups in total. The lowest BCUT2D eigenvalue weighted by Gasteiger charge is -1.98. The molecule has 3 aromatic heterocycles. The third-order valence-electron chi connectivity index (χ3n) is 2.19. The lowest BCUT2D eigenvalue weighted by atomic mass is 10.3. The summed E-state index contributed by atoms with van der Waals surface area (Å²) in [5.41, 5.74) is 1.39. The highest BCUT2D eigenvalue weighted by atomic mass is 32.1. The van der Waals surface area contributed by atoms with Crippen LogP contribution in [0.5, 0.6) is 0 Å². The third kappa shape index (κ3) is 1.77. The molecule has 0 aliphatic heterocycles. The molecule has 5 heteroatoms. The molecule has 0 atom stereocenters. The van der Waals surface area contributed by atoms with Crippen molar-refractivity contribution in [3.05, 3.63) is 46.8 Å². The largest absolute Gasteiger partial charge is 0.250 e. The predicted molar refractivity (Wildman–Crippen MR) is 62.3 cm³/mol. The Morgan fingerprint density at radius 2 is 2.06 bits per heavy atom. The second kappa shape index (κ2) is 3.94. The van der Waals surface area contributed by atoms with E-state index in [2.05, 4.69) is 31.4 Å². The number of hydrogen-bond acceptors (Lipinski definition) is 5. The molecule has 0 saturated heterocycles. The van der Waals surface area contributed by atoms with E-state index < -0.39 is 0 Å². The summed E-state index contributed by atoms with van der Waals surface area (Å²) in [6.07, 6.45) is 5.76. The van der Waals surface area contributed by atoms with Gasteiger partial charge in [-0.25, -0.2) is 19.9 Å². The van der Waals surface area contributed by atoms with E-state index in [1.54, 1.807) is 29.9 Å². The van der Waals surface area contributed by atoms with Crippen LogP contribution >= 0.6 is 11.3 Å². The number of hydrogen-bond donors (Lipinski definition) is 0. The average molecular weight is 228 g/mol. The van der Waals surface area contributed by atoms with Crippen LogP contribution in [0.1, 0.15) is 10.7 Å². The van der Waals surface area contributed by atoms with E-state index in [1.165, 1.54) is 4.88 Å². The van der Waals surface area contributed by atoms with Gasteiger partial charge in [0.1, 0.15) is 11.3 Å². The van der Waals surface area contributed by atoms with E-state index in [-0.39, 0.29) is 0 Å². The second-order valence-corrected chi connectivity index (χ2v) is 4.34. The minimum atomic E-state index is 0.657. The summed E-state index contributed by atoms with van der Waals surface area (Å²) in [6.45, 7) is 0. The monoisotopic (exact) mass is 228 g/mol. The average Bonchev–Trinajstić information content (AvgIpc) is 2.82. The fourth-order valence-electron chi connectivity index (χ4n) is 1.46. The standard InChI is InChI=1S/C11H8N4S/c1-2-8(16-5-1)6-10-14-7-9-11(15-10)13-4-3-12-9/h1-5,7H,6H2. The Balaban J connectivity index is 1.99. The molecule has 0 spiro atoms. The molecular formula is C11H8N4S. The highest BCUT2D eigenvalue weighted by Gasteiger charge is 2.03. The van der Waals surface area contributed by atoms with Gasteiger partial charge >= 0.3 is 0 Å². The minimum absolute atomic E-state index is 0.657. The van der Waals surface area contributed by atoms with Gasteiger partial charge < -0.3 is 0 Å². The summed E-state index contributed by atoms with van der Waals surface area (Å²) in [5.74, 6) is 0.787. The fourth-order valence-corrected chi connectivity index (χ4v) is 2.16. The van der Waals surface area contributed by atoms with E-state index in [1.807, 2.05) is 6.07 Å². The minimum Gasteiger partial charge on any atom is -0.250 e. The Morgan fingerprint density at radius 3 is 2.94 bits per heavy atom. The normalized spacial score (nSPS) is 10.8. The van der Waals surface area contributed by atoms with Gasteiger partial charge in [-0.2, -0.15) is 0 Å². The van der Waals surface area contributed by atoms with Gasteiger partial charge in [0.15, 0.2) is 5.65 Å². The van der Waals surface area contributed by atoms with Crippen LogP contribution in [-0.2, 0) is 6.42 Å². The van der Waals surface area contributed by atoms with Crippen molar-refractivity contribution < 1.29 is 0 Å². The zero-order valence-electron chi connectivity index (χ0n) is 8.37. The number of fused-ring (bicyclic) bond motifs is 1. The van der Waals surface area contributed by atoms with Crippen molar-refractivity contribution in [2.24, 2.45) is 0 Å². The van der Waals surface area contributed by atoms with Crippen molar-refractivity contribution in [2.45, 2.75) is 6.42 Å². The first-order valence-corrected chi connectivity index (χ1v) is 5.75. The van der Waals surface area contributed by atoms with Gasteiger partial charge in [-0.3, -0.25) is 0 Å². The molecule has 0 unspecified atom stereocenters. The second-order valence-electron chi connectivity index (χ2n) is 3.31. The van der Waals surface area contributed by atoms with Gasteiger partial charge in [0, 0.05) is 23.7 Å².